The van der Waals surface area contributed by atoms with Crippen molar-refractivity contribution in [2.45, 2.75) is 82.2 Å². The normalized spacial score (nSPS) is 56.6. The van der Waals surface area contributed by atoms with Gasteiger partial charge in [0.25, 0.3) is 0 Å². The predicted molar refractivity (Wildman–Crippen MR) is 72.4 cm³/mol. The highest BCUT2D eigenvalue weighted by molar-refractivity contribution is 5.75. The fraction of sp³-hybridized carbons (Fsp3) is 0.938. The summed E-state index contributed by atoms with van der Waals surface area (Å²) >= 11 is 0. The first kappa shape index (κ1) is 13.1. The number of fused-ring (bicyclic) bond motifs is 2. The summed E-state index contributed by atoms with van der Waals surface area (Å²) in [5.41, 5.74) is -0.435. The summed E-state index contributed by atoms with van der Waals surface area (Å²) in [5, 5.41) is 9.78. The number of carbonyl (C=O) groups is 1. The highest BCUT2D eigenvalue weighted by atomic mass is 16.6. The Morgan fingerprint density at radius 2 is 1.85 bits per heavy atom. The minimum atomic E-state index is -0.611. The third kappa shape index (κ3) is 1.84. The lowest BCUT2D eigenvalue weighted by Crippen LogP contribution is -2.40. The summed E-state index contributed by atoms with van der Waals surface area (Å²) in [6.45, 7) is 4.30. The van der Waals surface area contributed by atoms with E-state index in [4.69, 9.17) is 9.47 Å². The Balaban J connectivity index is 1.46. The molecule has 4 heteroatoms. The fourth-order valence-corrected chi connectivity index (χ4v) is 4.64. The summed E-state index contributed by atoms with van der Waals surface area (Å²) in [7, 11) is 0. The van der Waals surface area contributed by atoms with Gasteiger partial charge in [0.05, 0.1) is 28.8 Å². The van der Waals surface area contributed by atoms with E-state index in [0.717, 1.165) is 38.5 Å². The number of carboxylic acids is 1. The van der Waals surface area contributed by atoms with Crippen LogP contribution in [0.3, 0.4) is 0 Å². The Bertz CT molecular complexity index is 463. The zero-order valence-electron chi connectivity index (χ0n) is 12.4. The summed E-state index contributed by atoms with van der Waals surface area (Å²) in [6.07, 6.45) is 7.01. The van der Waals surface area contributed by atoms with Gasteiger partial charge in [0.15, 0.2) is 0 Å². The van der Waals surface area contributed by atoms with E-state index in [-0.39, 0.29) is 17.3 Å². The topological polar surface area (TPSA) is 62.4 Å². The fourth-order valence-electron chi connectivity index (χ4n) is 4.64. The maximum Gasteiger partial charge on any atom is 0.309 e. The van der Waals surface area contributed by atoms with Crippen molar-refractivity contribution >= 4 is 5.97 Å². The van der Waals surface area contributed by atoms with Gasteiger partial charge in [-0.2, -0.15) is 0 Å². The van der Waals surface area contributed by atoms with E-state index in [0.29, 0.717) is 18.4 Å². The van der Waals surface area contributed by atoms with E-state index in [1.807, 2.05) is 0 Å². The monoisotopic (exact) mass is 280 g/mol. The minimum Gasteiger partial charge on any atom is -0.481 e. The molecule has 4 rings (SSSR count). The molecule has 2 aliphatic carbocycles. The van der Waals surface area contributed by atoms with E-state index in [9.17, 15) is 9.90 Å². The second kappa shape index (κ2) is 3.77. The lowest BCUT2D eigenvalue weighted by atomic mass is 9.64. The summed E-state index contributed by atoms with van der Waals surface area (Å²) in [6, 6.07) is 0. The van der Waals surface area contributed by atoms with Gasteiger partial charge in [0.1, 0.15) is 0 Å². The molecule has 0 amide bonds. The van der Waals surface area contributed by atoms with Crippen LogP contribution < -0.4 is 0 Å². The molecule has 112 valence electrons. The zero-order chi connectivity index (χ0) is 14.2. The minimum absolute atomic E-state index is 0.0102. The molecule has 20 heavy (non-hydrogen) atoms. The molecule has 6 unspecified atom stereocenters. The van der Waals surface area contributed by atoms with Crippen LogP contribution in [-0.2, 0) is 14.3 Å². The molecule has 0 aromatic carbocycles. The summed E-state index contributed by atoms with van der Waals surface area (Å²) in [4.78, 5) is 11.9. The van der Waals surface area contributed by atoms with Crippen LogP contribution in [0.15, 0.2) is 0 Å². The van der Waals surface area contributed by atoms with Gasteiger partial charge in [-0.3, -0.25) is 4.79 Å². The molecule has 0 radical (unpaired) electrons. The SMILES string of the molecule is CC12CCC(CC3(C(=O)O)CCC4(C)OC4C3)CC1O2. The highest BCUT2D eigenvalue weighted by Crippen LogP contribution is 2.58. The number of hydrogen-bond acceptors (Lipinski definition) is 3. The van der Waals surface area contributed by atoms with Crippen molar-refractivity contribution in [3.05, 3.63) is 0 Å². The molecule has 0 aromatic heterocycles. The molecule has 6 atom stereocenters. The maximum absolute atomic E-state index is 11.9. The first-order valence-electron chi connectivity index (χ1n) is 7.94. The Labute approximate surface area is 119 Å². The predicted octanol–water partition coefficient (Wildman–Crippen LogP) is 2.75. The van der Waals surface area contributed by atoms with Gasteiger partial charge in [0.2, 0.25) is 0 Å². The standard InChI is InChI=1S/C16H24O4/c1-14-4-3-10(7-11(14)19-14)8-16(13(17)18)6-5-15(2)12(9-16)20-15/h10-12H,3-9H2,1-2H3,(H,17,18). The van der Waals surface area contributed by atoms with Crippen LogP contribution in [0.2, 0.25) is 0 Å². The quantitative estimate of drug-likeness (QED) is 0.807. The first-order valence-corrected chi connectivity index (χ1v) is 7.94. The smallest absolute Gasteiger partial charge is 0.309 e. The zero-order valence-corrected chi connectivity index (χ0v) is 12.4. The van der Waals surface area contributed by atoms with Gasteiger partial charge < -0.3 is 14.6 Å². The number of hydrogen-bond donors (Lipinski definition) is 1. The van der Waals surface area contributed by atoms with Crippen molar-refractivity contribution in [1.82, 2.24) is 0 Å². The Kier molecular flexibility index (Phi) is 2.47. The average Bonchev–Trinajstić information content (AvgIpc) is 3.23. The van der Waals surface area contributed by atoms with Crippen LogP contribution in [0.25, 0.3) is 0 Å². The molecule has 0 spiro atoms. The van der Waals surface area contributed by atoms with E-state index < -0.39 is 11.4 Å². The number of rotatable bonds is 3. The van der Waals surface area contributed by atoms with Gasteiger partial charge in [-0.15, -0.1) is 0 Å². The van der Waals surface area contributed by atoms with E-state index in [1.54, 1.807) is 0 Å². The molecule has 2 heterocycles. The van der Waals surface area contributed by atoms with E-state index in [2.05, 4.69) is 13.8 Å². The van der Waals surface area contributed by atoms with Gasteiger partial charge >= 0.3 is 5.97 Å². The van der Waals surface area contributed by atoms with Crippen LogP contribution in [0.1, 0.15) is 58.8 Å². The number of epoxide rings is 2. The third-order valence-electron chi connectivity index (χ3n) is 6.48. The van der Waals surface area contributed by atoms with Crippen LogP contribution in [0.4, 0.5) is 0 Å². The van der Waals surface area contributed by atoms with Crippen molar-refractivity contribution in [2.75, 3.05) is 0 Å². The van der Waals surface area contributed by atoms with Gasteiger partial charge in [0, 0.05) is 0 Å². The van der Waals surface area contributed by atoms with Crippen molar-refractivity contribution in [3.8, 4) is 0 Å². The highest BCUT2D eigenvalue weighted by Gasteiger charge is 2.62. The molecular formula is C16H24O4. The largest absolute Gasteiger partial charge is 0.481 e. The molecular weight excluding hydrogens is 256 g/mol. The van der Waals surface area contributed by atoms with Gasteiger partial charge in [-0.1, -0.05) is 0 Å². The maximum atomic E-state index is 11.9. The lowest BCUT2D eigenvalue weighted by molar-refractivity contribution is -0.152. The number of carboxylic acid groups (broad SMARTS) is 1. The summed E-state index contributed by atoms with van der Waals surface area (Å²) in [5.74, 6) is -0.102. The molecule has 0 aromatic rings. The second-order valence-electron chi connectivity index (χ2n) is 7.97. The van der Waals surface area contributed by atoms with E-state index in [1.165, 1.54) is 0 Å². The Hall–Kier alpha value is -0.610. The van der Waals surface area contributed by atoms with Gasteiger partial charge in [-0.25, -0.2) is 0 Å². The lowest BCUT2D eigenvalue weighted by Gasteiger charge is -2.37. The molecule has 0 bridgehead atoms. The first-order chi connectivity index (χ1) is 9.35. The van der Waals surface area contributed by atoms with Crippen molar-refractivity contribution in [2.24, 2.45) is 11.3 Å². The average molecular weight is 280 g/mol. The second-order valence-corrected chi connectivity index (χ2v) is 7.97. The van der Waals surface area contributed by atoms with Crippen LogP contribution >= 0.6 is 0 Å². The molecule has 2 saturated heterocycles. The van der Waals surface area contributed by atoms with E-state index >= 15 is 0 Å². The number of aliphatic carboxylic acids is 1. The van der Waals surface area contributed by atoms with Crippen LogP contribution in [0.5, 0.6) is 0 Å². The molecule has 4 nitrogen and oxygen atoms in total. The van der Waals surface area contributed by atoms with Crippen molar-refractivity contribution in [3.63, 3.8) is 0 Å². The molecule has 4 aliphatic rings. The van der Waals surface area contributed by atoms with Crippen LogP contribution in [0, 0.1) is 11.3 Å². The van der Waals surface area contributed by atoms with Crippen molar-refractivity contribution < 1.29 is 19.4 Å². The van der Waals surface area contributed by atoms with Crippen LogP contribution in [-0.4, -0.2) is 34.5 Å². The Morgan fingerprint density at radius 3 is 2.50 bits per heavy atom. The summed E-state index contributed by atoms with van der Waals surface area (Å²) < 4.78 is 11.5. The molecule has 4 fully saturated rings. The molecule has 1 N–H and O–H groups in total. The van der Waals surface area contributed by atoms with Crippen molar-refractivity contribution in [1.29, 1.82) is 0 Å². The molecule has 2 aliphatic heterocycles. The molecule has 2 saturated carbocycles. The van der Waals surface area contributed by atoms with Gasteiger partial charge in [-0.05, 0) is 64.7 Å². The number of ether oxygens (including phenoxy) is 2. The third-order valence-corrected chi connectivity index (χ3v) is 6.48. The Morgan fingerprint density at radius 1 is 1.15 bits per heavy atom.